The maximum atomic E-state index is 13.7. The van der Waals surface area contributed by atoms with E-state index >= 15 is 0 Å². The minimum atomic E-state index is -0.303. The molecular weight excluding hydrogens is 373 g/mol. The van der Waals surface area contributed by atoms with Gasteiger partial charge in [0.15, 0.2) is 0 Å². The Bertz CT molecular complexity index is 998. The number of rotatable bonds is 3. The molecular formula is C18H17BrFN3O. The summed E-state index contributed by atoms with van der Waals surface area (Å²) in [6.45, 7) is 4.15. The molecule has 0 atom stereocenters. The highest BCUT2D eigenvalue weighted by molar-refractivity contribution is 9.10. The van der Waals surface area contributed by atoms with Crippen LogP contribution in [0, 0.1) is 12.7 Å². The normalized spacial score (nSPS) is 11.0. The molecule has 0 saturated carbocycles. The molecule has 0 amide bonds. The van der Waals surface area contributed by atoms with Crippen LogP contribution in [0.1, 0.15) is 12.5 Å². The van der Waals surface area contributed by atoms with Crippen molar-refractivity contribution in [2.24, 2.45) is 0 Å². The van der Waals surface area contributed by atoms with E-state index in [4.69, 9.17) is 0 Å². The van der Waals surface area contributed by atoms with Crippen LogP contribution < -0.4 is 10.9 Å². The number of pyridine rings is 2. The zero-order valence-electron chi connectivity index (χ0n) is 13.7. The van der Waals surface area contributed by atoms with Crippen molar-refractivity contribution in [2.45, 2.75) is 20.4 Å². The molecule has 0 fully saturated rings. The second-order valence-corrected chi connectivity index (χ2v) is 6.42. The van der Waals surface area contributed by atoms with Crippen molar-refractivity contribution in [3.63, 3.8) is 0 Å². The molecule has 4 nitrogen and oxygen atoms in total. The van der Waals surface area contributed by atoms with Crippen molar-refractivity contribution < 1.29 is 4.39 Å². The van der Waals surface area contributed by atoms with Gasteiger partial charge < -0.3 is 9.88 Å². The second kappa shape index (κ2) is 6.36. The quantitative estimate of drug-likeness (QED) is 0.724. The van der Waals surface area contributed by atoms with Crippen LogP contribution in [0.3, 0.4) is 0 Å². The Balaban J connectivity index is 2.36. The number of benzene rings is 1. The van der Waals surface area contributed by atoms with Gasteiger partial charge in [0.1, 0.15) is 11.6 Å². The Morgan fingerprint density at radius 1 is 1.25 bits per heavy atom. The summed E-state index contributed by atoms with van der Waals surface area (Å²) in [5.74, 6) is 0.401. The fourth-order valence-corrected chi connectivity index (χ4v) is 3.31. The van der Waals surface area contributed by atoms with Gasteiger partial charge in [0.05, 0.1) is 5.52 Å². The number of aryl methyl sites for hydroxylation is 2. The molecule has 1 N–H and O–H groups in total. The van der Waals surface area contributed by atoms with E-state index in [1.165, 1.54) is 6.07 Å². The molecule has 24 heavy (non-hydrogen) atoms. The Hall–Kier alpha value is -2.21. The van der Waals surface area contributed by atoms with Crippen molar-refractivity contribution in [3.05, 3.63) is 56.7 Å². The second-order valence-electron chi connectivity index (χ2n) is 5.57. The van der Waals surface area contributed by atoms with Crippen LogP contribution >= 0.6 is 15.9 Å². The summed E-state index contributed by atoms with van der Waals surface area (Å²) in [4.78, 5) is 17.3. The predicted molar refractivity (Wildman–Crippen MR) is 99.1 cm³/mol. The third-order valence-electron chi connectivity index (χ3n) is 4.09. The largest absolute Gasteiger partial charge is 0.373 e. The summed E-state index contributed by atoms with van der Waals surface area (Å²) in [5, 5.41) is 3.84. The molecule has 0 aliphatic rings. The molecule has 1 aromatic carbocycles. The van der Waals surface area contributed by atoms with Crippen molar-refractivity contribution in [2.75, 3.05) is 12.4 Å². The van der Waals surface area contributed by atoms with Crippen LogP contribution in [-0.4, -0.2) is 16.6 Å². The highest BCUT2D eigenvalue weighted by Crippen LogP contribution is 2.30. The topological polar surface area (TPSA) is 46.9 Å². The number of nitrogens with one attached hydrogen (secondary N) is 1. The monoisotopic (exact) mass is 389 g/mol. The van der Waals surface area contributed by atoms with E-state index in [0.717, 1.165) is 10.9 Å². The van der Waals surface area contributed by atoms with Crippen LogP contribution in [0.4, 0.5) is 10.2 Å². The maximum absolute atomic E-state index is 13.7. The molecule has 0 bridgehead atoms. The molecule has 0 aliphatic carbocycles. The Kier molecular flexibility index (Phi) is 4.41. The van der Waals surface area contributed by atoms with E-state index < -0.39 is 0 Å². The number of anilines is 1. The summed E-state index contributed by atoms with van der Waals surface area (Å²) in [7, 11) is 1.79. The molecule has 0 saturated heterocycles. The number of nitrogens with zero attached hydrogens (tertiary/aromatic N) is 2. The van der Waals surface area contributed by atoms with Crippen LogP contribution in [0.25, 0.3) is 22.0 Å². The van der Waals surface area contributed by atoms with Crippen molar-refractivity contribution in [3.8, 4) is 11.1 Å². The van der Waals surface area contributed by atoms with Crippen LogP contribution in [0.15, 0.2) is 39.7 Å². The standard InChI is InChI=1S/C18H17BrFN3O/c1-4-23-16-8-17(21-3)22-9-11(16)6-13(18(23)24)12-5-10(2)15(20)7-14(12)19/h5-9H,4H2,1-3H3,(H,21,22). The third-order valence-corrected chi connectivity index (χ3v) is 4.75. The number of aromatic nitrogens is 2. The number of hydrogen-bond donors (Lipinski definition) is 1. The van der Waals surface area contributed by atoms with E-state index in [2.05, 4.69) is 26.2 Å². The first-order chi connectivity index (χ1) is 11.5. The van der Waals surface area contributed by atoms with Crippen molar-refractivity contribution >= 4 is 32.7 Å². The molecule has 124 valence electrons. The van der Waals surface area contributed by atoms with Crippen LogP contribution in [-0.2, 0) is 6.54 Å². The van der Waals surface area contributed by atoms with E-state index in [9.17, 15) is 9.18 Å². The minimum absolute atomic E-state index is 0.107. The van der Waals surface area contributed by atoms with Crippen LogP contribution in [0.2, 0.25) is 0 Å². The number of halogens is 2. The van der Waals surface area contributed by atoms with E-state index in [1.807, 2.05) is 19.1 Å². The van der Waals surface area contributed by atoms with Gasteiger partial charge in [0.25, 0.3) is 5.56 Å². The van der Waals surface area contributed by atoms with Gasteiger partial charge in [-0.15, -0.1) is 0 Å². The van der Waals surface area contributed by atoms with Gasteiger partial charge in [-0.2, -0.15) is 0 Å². The SMILES string of the molecule is CCn1c(=O)c(-c2cc(C)c(F)cc2Br)cc2cnc(NC)cc21. The molecule has 0 aliphatic heterocycles. The lowest BCUT2D eigenvalue weighted by molar-refractivity contribution is 0.618. The third kappa shape index (κ3) is 2.71. The molecule has 3 aromatic rings. The van der Waals surface area contributed by atoms with Gasteiger partial charge >= 0.3 is 0 Å². The van der Waals surface area contributed by atoms with Crippen LogP contribution in [0.5, 0.6) is 0 Å². The fraction of sp³-hybridized carbons (Fsp3) is 0.222. The summed E-state index contributed by atoms with van der Waals surface area (Å²) in [6, 6.07) is 6.76. The molecule has 0 radical (unpaired) electrons. The molecule has 0 spiro atoms. The van der Waals surface area contributed by atoms with Crippen molar-refractivity contribution in [1.29, 1.82) is 0 Å². The number of hydrogen-bond acceptors (Lipinski definition) is 3. The molecule has 0 unspecified atom stereocenters. The maximum Gasteiger partial charge on any atom is 0.258 e. The first-order valence-corrected chi connectivity index (χ1v) is 8.43. The van der Waals surface area contributed by atoms with Gasteiger partial charge in [0, 0.05) is 46.8 Å². The average molecular weight is 390 g/mol. The first kappa shape index (κ1) is 16.6. The zero-order chi connectivity index (χ0) is 17.4. The molecule has 2 aromatic heterocycles. The Morgan fingerprint density at radius 2 is 2.00 bits per heavy atom. The Morgan fingerprint density at radius 3 is 2.67 bits per heavy atom. The van der Waals surface area contributed by atoms with Crippen molar-refractivity contribution in [1.82, 2.24) is 9.55 Å². The Labute approximate surface area is 147 Å². The zero-order valence-corrected chi connectivity index (χ0v) is 15.2. The average Bonchev–Trinajstić information content (AvgIpc) is 2.57. The van der Waals surface area contributed by atoms with Gasteiger partial charge in [-0.3, -0.25) is 4.79 Å². The van der Waals surface area contributed by atoms with E-state index in [-0.39, 0.29) is 11.4 Å². The summed E-state index contributed by atoms with van der Waals surface area (Å²) in [6.07, 6.45) is 1.74. The van der Waals surface area contributed by atoms with Gasteiger partial charge in [-0.05, 0) is 37.6 Å². The summed E-state index contributed by atoms with van der Waals surface area (Å²) in [5.41, 5.74) is 2.42. The van der Waals surface area contributed by atoms with Gasteiger partial charge in [-0.1, -0.05) is 15.9 Å². The van der Waals surface area contributed by atoms with Gasteiger partial charge in [-0.25, -0.2) is 9.37 Å². The predicted octanol–water partition coefficient (Wildman–Crippen LogP) is 4.34. The van der Waals surface area contributed by atoms with E-state index in [1.54, 1.807) is 30.8 Å². The lowest BCUT2D eigenvalue weighted by atomic mass is 10.0. The molecule has 2 heterocycles. The van der Waals surface area contributed by atoms with E-state index in [0.29, 0.717) is 33.5 Å². The number of fused-ring (bicyclic) bond motifs is 1. The first-order valence-electron chi connectivity index (χ1n) is 7.63. The lowest BCUT2D eigenvalue weighted by Gasteiger charge is -2.13. The van der Waals surface area contributed by atoms with Gasteiger partial charge in [0.2, 0.25) is 0 Å². The summed E-state index contributed by atoms with van der Waals surface area (Å²) >= 11 is 3.37. The highest BCUT2D eigenvalue weighted by Gasteiger charge is 2.15. The molecule has 3 rings (SSSR count). The minimum Gasteiger partial charge on any atom is -0.373 e. The summed E-state index contributed by atoms with van der Waals surface area (Å²) < 4.78 is 16.0. The lowest BCUT2D eigenvalue weighted by Crippen LogP contribution is -2.21. The molecule has 6 heteroatoms. The smallest absolute Gasteiger partial charge is 0.258 e. The highest BCUT2D eigenvalue weighted by atomic mass is 79.9. The fourth-order valence-electron chi connectivity index (χ4n) is 2.78.